The van der Waals surface area contributed by atoms with Gasteiger partial charge in [-0.15, -0.1) is 0 Å². The normalized spacial score (nSPS) is 11.1. The van der Waals surface area contributed by atoms with E-state index in [9.17, 15) is 4.79 Å². The average molecular weight is 453 g/mol. The zero-order valence-corrected chi connectivity index (χ0v) is 19.0. The van der Waals surface area contributed by atoms with E-state index in [1.165, 1.54) is 11.8 Å². The van der Waals surface area contributed by atoms with Gasteiger partial charge in [0, 0.05) is 12.6 Å². The van der Waals surface area contributed by atoms with Crippen molar-refractivity contribution in [2.45, 2.75) is 37.2 Å². The van der Waals surface area contributed by atoms with Crippen LogP contribution in [0.4, 0.5) is 0 Å². The number of fused-ring (bicyclic) bond motifs is 1. The van der Waals surface area contributed by atoms with Gasteiger partial charge in [-0.2, -0.15) is 4.98 Å². The molecule has 0 aliphatic carbocycles. The van der Waals surface area contributed by atoms with Gasteiger partial charge in [-0.05, 0) is 30.7 Å². The van der Waals surface area contributed by atoms with Gasteiger partial charge in [-0.3, -0.25) is 9.36 Å². The Morgan fingerprint density at radius 1 is 1.09 bits per heavy atom. The third kappa shape index (κ3) is 4.47. The van der Waals surface area contributed by atoms with Crippen molar-refractivity contribution in [3.05, 3.63) is 58.7 Å². The molecule has 0 N–H and O–H groups in total. The van der Waals surface area contributed by atoms with Gasteiger partial charge in [-0.1, -0.05) is 42.4 Å². The summed E-state index contributed by atoms with van der Waals surface area (Å²) in [6.07, 6.45) is 1.88. The summed E-state index contributed by atoms with van der Waals surface area (Å²) in [6.45, 7) is 2.72. The Morgan fingerprint density at radius 2 is 1.94 bits per heavy atom. The Kier molecular flexibility index (Phi) is 6.75. The number of rotatable bonds is 9. The van der Waals surface area contributed by atoms with Crippen LogP contribution in [0.25, 0.3) is 22.3 Å². The van der Waals surface area contributed by atoms with Gasteiger partial charge < -0.3 is 14.0 Å². The average Bonchev–Trinajstić information content (AvgIpc) is 3.30. The lowest BCUT2D eigenvalue weighted by molar-refractivity contribution is 0.388. The molecule has 166 valence electrons. The molecule has 0 unspecified atom stereocenters. The lowest BCUT2D eigenvalue weighted by Crippen LogP contribution is -2.23. The number of benzene rings is 2. The molecule has 4 aromatic rings. The van der Waals surface area contributed by atoms with Gasteiger partial charge in [0.25, 0.3) is 5.56 Å². The molecule has 8 nitrogen and oxygen atoms in total. The van der Waals surface area contributed by atoms with E-state index in [1.54, 1.807) is 24.9 Å². The third-order valence-corrected chi connectivity index (χ3v) is 5.97. The molecule has 0 radical (unpaired) electrons. The molecule has 32 heavy (non-hydrogen) atoms. The first kappa shape index (κ1) is 21.9. The molecule has 0 saturated carbocycles. The first-order valence-electron chi connectivity index (χ1n) is 10.3. The predicted octanol–water partition coefficient (Wildman–Crippen LogP) is 4.56. The second kappa shape index (κ2) is 9.86. The summed E-state index contributed by atoms with van der Waals surface area (Å²) in [4.78, 5) is 22.2. The maximum Gasteiger partial charge on any atom is 0.262 e. The van der Waals surface area contributed by atoms with Crippen LogP contribution in [0, 0.1) is 0 Å². The topological polar surface area (TPSA) is 92.3 Å². The fourth-order valence-electron chi connectivity index (χ4n) is 3.30. The molecule has 0 aliphatic heterocycles. The summed E-state index contributed by atoms with van der Waals surface area (Å²) in [7, 11) is 3.18. The number of thioether (sulfide) groups is 1. The number of hydrogen-bond acceptors (Lipinski definition) is 8. The lowest BCUT2D eigenvalue weighted by Gasteiger charge is -2.12. The van der Waals surface area contributed by atoms with Crippen molar-refractivity contribution in [3.63, 3.8) is 0 Å². The fourth-order valence-corrected chi connectivity index (χ4v) is 4.17. The third-order valence-electron chi connectivity index (χ3n) is 5.00. The molecule has 2 aromatic carbocycles. The van der Waals surface area contributed by atoms with Gasteiger partial charge in [0.15, 0.2) is 5.16 Å². The molecule has 0 aliphatic rings. The summed E-state index contributed by atoms with van der Waals surface area (Å²) in [5.41, 5.74) is 1.36. The van der Waals surface area contributed by atoms with E-state index in [2.05, 4.69) is 17.1 Å². The second-order valence-corrected chi connectivity index (χ2v) is 8.03. The molecule has 0 atom stereocenters. The van der Waals surface area contributed by atoms with Gasteiger partial charge in [0.2, 0.25) is 11.7 Å². The van der Waals surface area contributed by atoms with Crippen LogP contribution in [-0.2, 0) is 12.3 Å². The Hall–Kier alpha value is -3.33. The van der Waals surface area contributed by atoms with E-state index in [1.807, 2.05) is 36.4 Å². The number of aromatic nitrogens is 4. The number of ether oxygens (including phenoxy) is 2. The Morgan fingerprint density at radius 3 is 2.72 bits per heavy atom. The van der Waals surface area contributed by atoms with Gasteiger partial charge in [0.05, 0.1) is 36.4 Å². The summed E-state index contributed by atoms with van der Waals surface area (Å²) in [5.74, 6) is 2.52. The molecule has 0 spiro atoms. The molecule has 0 amide bonds. The summed E-state index contributed by atoms with van der Waals surface area (Å²) in [5, 5.41) is 5.36. The highest BCUT2D eigenvalue weighted by molar-refractivity contribution is 7.98. The number of unbranched alkanes of at least 4 members (excludes halogenated alkanes) is 1. The van der Waals surface area contributed by atoms with E-state index < -0.39 is 0 Å². The van der Waals surface area contributed by atoms with Crippen LogP contribution in [0.15, 0.2) is 56.9 Å². The van der Waals surface area contributed by atoms with Gasteiger partial charge >= 0.3 is 0 Å². The van der Waals surface area contributed by atoms with Crippen molar-refractivity contribution >= 4 is 22.7 Å². The molecule has 4 rings (SSSR count). The van der Waals surface area contributed by atoms with Gasteiger partial charge in [0.1, 0.15) is 11.5 Å². The molecule has 2 heterocycles. The van der Waals surface area contributed by atoms with E-state index in [0.717, 1.165) is 12.8 Å². The maximum absolute atomic E-state index is 13.0. The number of para-hydroxylation sites is 1. The molecule has 9 heteroatoms. The van der Waals surface area contributed by atoms with E-state index in [0.29, 0.717) is 57.1 Å². The molecule has 0 bridgehead atoms. The van der Waals surface area contributed by atoms with Gasteiger partial charge in [-0.25, -0.2) is 4.98 Å². The van der Waals surface area contributed by atoms with Crippen LogP contribution in [0.2, 0.25) is 0 Å². The fraction of sp³-hybridized carbons (Fsp3) is 0.304. The second-order valence-electron chi connectivity index (χ2n) is 7.09. The standard InChI is InChI=1S/C23H24N4O4S/c1-4-5-12-27-22(28)16-8-6-7-9-18(16)24-23(27)32-14-20-25-21(26-31-20)17-11-10-15(29-2)13-19(17)30-3/h6-11,13H,4-5,12,14H2,1-3H3. The Labute approximate surface area is 189 Å². The first-order chi connectivity index (χ1) is 15.6. The molecule has 0 fully saturated rings. The zero-order chi connectivity index (χ0) is 22.5. The highest BCUT2D eigenvalue weighted by Gasteiger charge is 2.16. The minimum absolute atomic E-state index is 0.0271. The van der Waals surface area contributed by atoms with Crippen LogP contribution in [0.1, 0.15) is 25.7 Å². The number of nitrogens with zero attached hydrogens (tertiary/aromatic N) is 4. The van der Waals surface area contributed by atoms with E-state index in [4.69, 9.17) is 19.0 Å². The summed E-state index contributed by atoms with van der Waals surface area (Å²) < 4.78 is 17.9. The van der Waals surface area contributed by atoms with Crippen LogP contribution < -0.4 is 15.0 Å². The van der Waals surface area contributed by atoms with Crippen molar-refractivity contribution < 1.29 is 14.0 Å². The van der Waals surface area contributed by atoms with Crippen molar-refractivity contribution in [2.24, 2.45) is 0 Å². The number of methoxy groups -OCH3 is 2. The smallest absolute Gasteiger partial charge is 0.262 e. The maximum atomic E-state index is 13.0. The first-order valence-corrected chi connectivity index (χ1v) is 11.3. The largest absolute Gasteiger partial charge is 0.497 e. The molecular formula is C23H24N4O4S. The van der Waals surface area contributed by atoms with Crippen molar-refractivity contribution in [3.8, 4) is 22.9 Å². The van der Waals surface area contributed by atoms with E-state index in [-0.39, 0.29) is 5.56 Å². The van der Waals surface area contributed by atoms with Crippen LogP contribution in [0.5, 0.6) is 11.5 Å². The Bertz CT molecular complexity index is 1280. The predicted molar refractivity (Wildman–Crippen MR) is 123 cm³/mol. The lowest BCUT2D eigenvalue weighted by atomic mass is 10.2. The number of hydrogen-bond donors (Lipinski definition) is 0. The van der Waals surface area contributed by atoms with Crippen molar-refractivity contribution in [2.75, 3.05) is 14.2 Å². The molecule has 0 saturated heterocycles. The van der Waals surface area contributed by atoms with E-state index >= 15 is 0 Å². The van der Waals surface area contributed by atoms with Crippen molar-refractivity contribution in [1.29, 1.82) is 0 Å². The monoisotopic (exact) mass is 452 g/mol. The van der Waals surface area contributed by atoms with Crippen LogP contribution in [0.3, 0.4) is 0 Å². The quantitative estimate of drug-likeness (QED) is 0.270. The van der Waals surface area contributed by atoms with Crippen LogP contribution in [-0.4, -0.2) is 33.9 Å². The highest BCUT2D eigenvalue weighted by atomic mass is 32.2. The van der Waals surface area contributed by atoms with Crippen LogP contribution >= 0.6 is 11.8 Å². The summed E-state index contributed by atoms with van der Waals surface area (Å²) in [6, 6.07) is 12.8. The SMILES string of the molecule is CCCCn1c(SCc2nc(-c3ccc(OC)cc3OC)no2)nc2ccccc2c1=O. The highest BCUT2D eigenvalue weighted by Crippen LogP contribution is 2.32. The summed E-state index contributed by atoms with van der Waals surface area (Å²) >= 11 is 1.41. The minimum Gasteiger partial charge on any atom is -0.497 e. The minimum atomic E-state index is -0.0271. The van der Waals surface area contributed by atoms with Crippen molar-refractivity contribution in [1.82, 2.24) is 19.7 Å². The molecule has 2 aromatic heterocycles. The molecular weight excluding hydrogens is 428 g/mol. The zero-order valence-electron chi connectivity index (χ0n) is 18.2. The Balaban J connectivity index is 1.60.